The molecular formula is C13H19N3O3. The van der Waals surface area contributed by atoms with E-state index in [4.69, 9.17) is 5.11 Å². The number of nitrogens with one attached hydrogen (secondary N) is 2. The summed E-state index contributed by atoms with van der Waals surface area (Å²) in [5.41, 5.74) is 0.473. The molecule has 1 amide bonds. The van der Waals surface area contributed by atoms with Gasteiger partial charge in [0.05, 0.1) is 11.8 Å². The molecule has 19 heavy (non-hydrogen) atoms. The number of H-pyrrole nitrogens is 1. The summed E-state index contributed by atoms with van der Waals surface area (Å²) < 4.78 is 0. The molecule has 1 aromatic rings. The summed E-state index contributed by atoms with van der Waals surface area (Å²) >= 11 is 0. The molecule has 0 saturated heterocycles. The van der Waals surface area contributed by atoms with Gasteiger partial charge in [0.1, 0.15) is 0 Å². The summed E-state index contributed by atoms with van der Waals surface area (Å²) in [5.74, 6) is -1.83. The topological polar surface area (TPSA) is 95.1 Å². The Labute approximate surface area is 111 Å². The summed E-state index contributed by atoms with van der Waals surface area (Å²) in [6, 6.07) is 1.78. The molecule has 1 aromatic heterocycles. The van der Waals surface area contributed by atoms with Crippen molar-refractivity contribution >= 4 is 17.7 Å². The SMILES string of the molecule is CCCc1cc(NC(=O)C2C(C(=O)O)C2(C)C)n[nH]1. The van der Waals surface area contributed by atoms with Crippen molar-refractivity contribution < 1.29 is 14.7 Å². The van der Waals surface area contributed by atoms with E-state index in [1.165, 1.54) is 0 Å². The quantitative estimate of drug-likeness (QED) is 0.754. The Morgan fingerprint density at radius 1 is 1.47 bits per heavy atom. The van der Waals surface area contributed by atoms with E-state index in [2.05, 4.69) is 22.4 Å². The largest absolute Gasteiger partial charge is 0.481 e. The summed E-state index contributed by atoms with van der Waals surface area (Å²) in [5, 5.41) is 18.6. The van der Waals surface area contributed by atoms with Gasteiger partial charge < -0.3 is 10.4 Å². The molecule has 6 heteroatoms. The Balaban J connectivity index is 2.00. The number of rotatable bonds is 5. The van der Waals surface area contributed by atoms with Gasteiger partial charge in [0.2, 0.25) is 5.91 Å². The molecule has 1 aliphatic carbocycles. The fourth-order valence-electron chi connectivity index (χ4n) is 2.61. The Morgan fingerprint density at radius 2 is 2.16 bits per heavy atom. The number of carbonyl (C=O) groups excluding carboxylic acids is 1. The molecule has 3 N–H and O–H groups in total. The zero-order valence-corrected chi connectivity index (χ0v) is 11.4. The first-order valence-corrected chi connectivity index (χ1v) is 6.46. The van der Waals surface area contributed by atoms with E-state index in [9.17, 15) is 9.59 Å². The number of anilines is 1. The third kappa shape index (κ3) is 2.47. The van der Waals surface area contributed by atoms with E-state index < -0.39 is 23.2 Å². The van der Waals surface area contributed by atoms with Gasteiger partial charge in [-0.3, -0.25) is 14.7 Å². The van der Waals surface area contributed by atoms with E-state index in [1.54, 1.807) is 19.9 Å². The van der Waals surface area contributed by atoms with Crippen LogP contribution in [0.2, 0.25) is 0 Å². The molecular weight excluding hydrogens is 246 g/mol. The second-order valence-electron chi connectivity index (χ2n) is 5.63. The van der Waals surface area contributed by atoms with Crippen molar-refractivity contribution in [2.45, 2.75) is 33.6 Å². The fourth-order valence-corrected chi connectivity index (χ4v) is 2.61. The lowest BCUT2D eigenvalue weighted by atomic mass is 10.1. The van der Waals surface area contributed by atoms with E-state index in [1.807, 2.05) is 0 Å². The zero-order chi connectivity index (χ0) is 14.2. The minimum absolute atomic E-state index is 0.271. The van der Waals surface area contributed by atoms with Crippen LogP contribution in [0.3, 0.4) is 0 Å². The van der Waals surface area contributed by atoms with Crippen LogP contribution in [-0.2, 0) is 16.0 Å². The smallest absolute Gasteiger partial charge is 0.307 e. The van der Waals surface area contributed by atoms with Gasteiger partial charge in [0.25, 0.3) is 0 Å². The molecule has 1 saturated carbocycles. The van der Waals surface area contributed by atoms with Gasteiger partial charge in [-0.2, -0.15) is 5.10 Å². The van der Waals surface area contributed by atoms with Crippen molar-refractivity contribution in [3.8, 4) is 0 Å². The molecule has 104 valence electrons. The van der Waals surface area contributed by atoms with Crippen LogP contribution in [0, 0.1) is 17.3 Å². The second kappa shape index (κ2) is 4.68. The number of aliphatic carboxylic acids is 1. The van der Waals surface area contributed by atoms with Gasteiger partial charge in [-0.1, -0.05) is 27.2 Å². The van der Waals surface area contributed by atoms with Crippen molar-refractivity contribution in [1.29, 1.82) is 0 Å². The zero-order valence-electron chi connectivity index (χ0n) is 11.4. The number of carbonyl (C=O) groups is 2. The molecule has 1 aliphatic rings. The van der Waals surface area contributed by atoms with E-state index in [0.29, 0.717) is 5.82 Å². The van der Waals surface area contributed by atoms with Gasteiger partial charge in [-0.05, 0) is 11.8 Å². The first kappa shape index (κ1) is 13.6. The van der Waals surface area contributed by atoms with Crippen LogP contribution in [0.4, 0.5) is 5.82 Å². The first-order chi connectivity index (χ1) is 8.87. The van der Waals surface area contributed by atoms with Gasteiger partial charge in [0, 0.05) is 11.8 Å². The average molecular weight is 265 g/mol. The monoisotopic (exact) mass is 265 g/mol. The molecule has 0 spiro atoms. The molecule has 0 radical (unpaired) electrons. The normalized spacial score (nSPS) is 23.9. The van der Waals surface area contributed by atoms with E-state index in [0.717, 1.165) is 18.5 Å². The predicted molar refractivity (Wildman–Crippen MR) is 69.6 cm³/mol. The maximum atomic E-state index is 12.0. The number of nitrogens with zero attached hydrogens (tertiary/aromatic N) is 1. The van der Waals surface area contributed by atoms with Crippen LogP contribution in [0.1, 0.15) is 32.9 Å². The minimum atomic E-state index is -0.918. The number of carboxylic acids is 1. The first-order valence-electron chi connectivity index (χ1n) is 6.46. The van der Waals surface area contributed by atoms with Crippen molar-refractivity contribution in [2.75, 3.05) is 5.32 Å². The predicted octanol–water partition coefficient (Wildman–Crippen LogP) is 1.66. The Bertz CT molecular complexity index is 507. The number of carboxylic acid groups (broad SMARTS) is 1. The van der Waals surface area contributed by atoms with Crippen molar-refractivity contribution in [3.05, 3.63) is 11.8 Å². The van der Waals surface area contributed by atoms with Gasteiger partial charge in [0.15, 0.2) is 5.82 Å². The van der Waals surface area contributed by atoms with E-state index >= 15 is 0 Å². The van der Waals surface area contributed by atoms with Crippen molar-refractivity contribution in [2.24, 2.45) is 17.3 Å². The Hall–Kier alpha value is -1.85. The van der Waals surface area contributed by atoms with Gasteiger partial charge >= 0.3 is 5.97 Å². The van der Waals surface area contributed by atoms with Crippen LogP contribution < -0.4 is 5.32 Å². The number of aromatic nitrogens is 2. The molecule has 6 nitrogen and oxygen atoms in total. The Morgan fingerprint density at radius 3 is 2.68 bits per heavy atom. The van der Waals surface area contributed by atoms with E-state index in [-0.39, 0.29) is 5.91 Å². The van der Waals surface area contributed by atoms with Gasteiger partial charge in [-0.15, -0.1) is 0 Å². The lowest BCUT2D eigenvalue weighted by Gasteiger charge is -2.02. The molecule has 0 bridgehead atoms. The lowest BCUT2D eigenvalue weighted by molar-refractivity contribution is -0.140. The molecule has 2 atom stereocenters. The second-order valence-corrected chi connectivity index (χ2v) is 5.63. The van der Waals surface area contributed by atoms with Crippen LogP contribution >= 0.6 is 0 Å². The number of amides is 1. The summed E-state index contributed by atoms with van der Waals surface area (Å²) in [6.07, 6.45) is 1.86. The highest BCUT2D eigenvalue weighted by atomic mass is 16.4. The Kier molecular flexibility index (Phi) is 3.34. The number of aromatic amines is 1. The number of hydrogen-bond acceptors (Lipinski definition) is 3. The van der Waals surface area contributed by atoms with Gasteiger partial charge in [-0.25, -0.2) is 0 Å². The summed E-state index contributed by atoms with van der Waals surface area (Å²) in [4.78, 5) is 23.1. The average Bonchev–Trinajstić information content (AvgIpc) is 2.65. The maximum absolute atomic E-state index is 12.0. The molecule has 1 heterocycles. The molecule has 0 aliphatic heterocycles. The molecule has 2 rings (SSSR count). The summed E-state index contributed by atoms with van der Waals surface area (Å²) in [6.45, 7) is 5.65. The van der Waals surface area contributed by atoms with Crippen LogP contribution in [0.5, 0.6) is 0 Å². The third-order valence-corrected chi connectivity index (χ3v) is 3.78. The van der Waals surface area contributed by atoms with Crippen LogP contribution in [0.15, 0.2) is 6.07 Å². The highest BCUT2D eigenvalue weighted by molar-refractivity contribution is 5.99. The number of hydrogen-bond donors (Lipinski definition) is 3. The maximum Gasteiger partial charge on any atom is 0.307 e. The standard InChI is InChI=1S/C13H19N3O3/c1-4-5-7-6-8(16-15-7)14-11(17)9-10(12(18)19)13(9,2)3/h6,9-10H,4-5H2,1-3H3,(H,18,19)(H2,14,15,16,17). The van der Waals surface area contributed by atoms with Crippen molar-refractivity contribution in [1.82, 2.24) is 10.2 Å². The van der Waals surface area contributed by atoms with Crippen LogP contribution in [-0.4, -0.2) is 27.2 Å². The number of aryl methyl sites for hydroxylation is 1. The highest BCUT2D eigenvalue weighted by Gasteiger charge is 2.65. The highest BCUT2D eigenvalue weighted by Crippen LogP contribution is 2.58. The molecule has 0 aromatic carbocycles. The van der Waals surface area contributed by atoms with Crippen molar-refractivity contribution in [3.63, 3.8) is 0 Å². The third-order valence-electron chi connectivity index (χ3n) is 3.78. The molecule has 1 fully saturated rings. The summed E-state index contributed by atoms with van der Waals surface area (Å²) in [7, 11) is 0. The lowest BCUT2D eigenvalue weighted by Crippen LogP contribution is -2.17. The minimum Gasteiger partial charge on any atom is -0.481 e. The van der Waals surface area contributed by atoms with Crippen LogP contribution in [0.25, 0.3) is 0 Å². The molecule has 2 unspecified atom stereocenters. The fraction of sp³-hybridized carbons (Fsp3) is 0.615.